The Morgan fingerprint density at radius 1 is 1.12 bits per heavy atom. The van der Waals surface area contributed by atoms with Gasteiger partial charge in [0.1, 0.15) is 5.75 Å². The number of benzene rings is 3. The van der Waals surface area contributed by atoms with Crippen molar-refractivity contribution in [1.29, 1.82) is 0 Å². The fourth-order valence-electron chi connectivity index (χ4n) is 3.71. The zero-order chi connectivity index (χ0) is 22.7. The first-order chi connectivity index (χ1) is 15.4. The van der Waals surface area contributed by atoms with Crippen LogP contribution in [0.25, 0.3) is 0 Å². The third kappa shape index (κ3) is 4.00. The highest BCUT2D eigenvalue weighted by atomic mass is 35.5. The zero-order valence-electron chi connectivity index (χ0n) is 17.3. The van der Waals surface area contributed by atoms with E-state index < -0.39 is 17.7 Å². The summed E-state index contributed by atoms with van der Waals surface area (Å²) in [5.74, 6) is -0.226. The molecule has 8 heteroatoms. The normalized spacial score (nSPS) is 17.3. The van der Waals surface area contributed by atoms with Crippen LogP contribution in [0.5, 0.6) is 5.75 Å². The number of anilines is 2. The van der Waals surface area contributed by atoms with Gasteiger partial charge in [0, 0.05) is 23.2 Å². The van der Waals surface area contributed by atoms with Crippen molar-refractivity contribution in [3.05, 3.63) is 88.9 Å². The topological polar surface area (TPSA) is 90.9 Å². The first-order valence-corrected chi connectivity index (χ1v) is 10.4. The Labute approximate surface area is 190 Å². The second-order valence-electron chi connectivity index (χ2n) is 7.32. The predicted molar refractivity (Wildman–Crippen MR) is 123 cm³/mol. The van der Waals surface area contributed by atoms with Crippen molar-refractivity contribution in [2.75, 3.05) is 23.9 Å². The summed E-state index contributed by atoms with van der Waals surface area (Å²) >= 11 is 5.92. The number of nitrogens with one attached hydrogen (secondary N) is 2. The van der Waals surface area contributed by atoms with Crippen LogP contribution in [-0.4, -0.2) is 30.7 Å². The number of nitrogens with zero attached hydrogens (tertiary/aromatic N) is 1. The number of carbonyl (C=O) groups excluding carboxylic acids is 2. The molecule has 0 bridgehead atoms. The summed E-state index contributed by atoms with van der Waals surface area (Å²) in [4.78, 5) is 27.4. The molecule has 3 aromatic rings. The molecule has 1 unspecified atom stereocenters. The summed E-state index contributed by atoms with van der Waals surface area (Å²) in [6, 6.07) is 19.9. The van der Waals surface area contributed by atoms with Crippen molar-refractivity contribution >= 4 is 34.9 Å². The number of aliphatic hydroxyl groups is 1. The molecular formula is C24H22ClN3O4. The minimum atomic E-state index is -2.26. The molecule has 0 spiro atoms. The van der Waals surface area contributed by atoms with Gasteiger partial charge in [0.2, 0.25) is 0 Å². The number of fused-ring (bicyclic) bond motifs is 1. The van der Waals surface area contributed by atoms with E-state index in [2.05, 4.69) is 10.6 Å². The second kappa shape index (κ2) is 8.90. The lowest BCUT2D eigenvalue weighted by molar-refractivity contribution is -0.140. The van der Waals surface area contributed by atoms with Crippen LogP contribution in [0, 0.1) is 0 Å². The van der Waals surface area contributed by atoms with Gasteiger partial charge >= 0.3 is 6.03 Å². The van der Waals surface area contributed by atoms with Gasteiger partial charge in [-0.2, -0.15) is 0 Å². The van der Waals surface area contributed by atoms with Crippen LogP contribution in [0.4, 0.5) is 16.2 Å². The molecule has 0 saturated heterocycles. The first kappa shape index (κ1) is 21.7. The summed E-state index contributed by atoms with van der Waals surface area (Å²) in [6.07, 6.45) is 0.534. The van der Waals surface area contributed by atoms with Gasteiger partial charge in [0.25, 0.3) is 11.6 Å². The summed E-state index contributed by atoms with van der Waals surface area (Å²) in [5, 5.41) is 17.9. The van der Waals surface area contributed by atoms with Gasteiger partial charge in [-0.3, -0.25) is 9.69 Å². The number of halogens is 1. The van der Waals surface area contributed by atoms with Crippen molar-refractivity contribution in [3.63, 3.8) is 0 Å². The lowest BCUT2D eigenvalue weighted by Gasteiger charge is -2.42. The molecule has 164 valence electrons. The summed E-state index contributed by atoms with van der Waals surface area (Å²) in [5.41, 5.74) is -0.330. The number of rotatable bonds is 6. The van der Waals surface area contributed by atoms with Crippen molar-refractivity contribution in [2.45, 2.75) is 12.1 Å². The van der Waals surface area contributed by atoms with E-state index in [9.17, 15) is 14.7 Å². The lowest BCUT2D eigenvalue weighted by atomic mass is 9.94. The van der Waals surface area contributed by atoms with E-state index in [4.69, 9.17) is 16.3 Å². The lowest BCUT2D eigenvalue weighted by Crippen LogP contribution is -2.62. The smallest absolute Gasteiger partial charge is 0.329 e. The number of ether oxygens (including phenoxy) is 1. The monoisotopic (exact) mass is 451 g/mol. The molecular weight excluding hydrogens is 430 g/mol. The molecule has 7 nitrogen and oxygen atoms in total. The van der Waals surface area contributed by atoms with Gasteiger partial charge in [0.15, 0.2) is 0 Å². The van der Waals surface area contributed by atoms with E-state index in [0.29, 0.717) is 28.6 Å². The Morgan fingerprint density at radius 3 is 2.62 bits per heavy atom. The van der Waals surface area contributed by atoms with Crippen molar-refractivity contribution in [2.24, 2.45) is 0 Å². The Balaban J connectivity index is 1.67. The van der Waals surface area contributed by atoms with E-state index in [1.165, 1.54) is 7.11 Å². The summed E-state index contributed by atoms with van der Waals surface area (Å²) < 4.78 is 5.25. The molecule has 3 N–H and O–H groups in total. The van der Waals surface area contributed by atoms with Gasteiger partial charge in [-0.1, -0.05) is 48.0 Å². The van der Waals surface area contributed by atoms with Gasteiger partial charge in [-0.25, -0.2) is 4.79 Å². The van der Waals surface area contributed by atoms with Crippen LogP contribution >= 0.6 is 11.6 Å². The van der Waals surface area contributed by atoms with E-state index >= 15 is 0 Å². The molecule has 1 atom stereocenters. The van der Waals surface area contributed by atoms with Crippen molar-refractivity contribution in [1.82, 2.24) is 5.32 Å². The molecule has 4 rings (SSSR count). The molecule has 0 saturated carbocycles. The minimum absolute atomic E-state index is 0.262. The second-order valence-corrected chi connectivity index (χ2v) is 7.75. The Kier molecular flexibility index (Phi) is 6.03. The van der Waals surface area contributed by atoms with Crippen LogP contribution < -0.4 is 20.3 Å². The highest BCUT2D eigenvalue weighted by molar-refractivity contribution is 6.30. The van der Waals surface area contributed by atoms with Gasteiger partial charge < -0.3 is 20.5 Å². The van der Waals surface area contributed by atoms with E-state index in [0.717, 1.165) is 10.5 Å². The molecule has 32 heavy (non-hydrogen) atoms. The fourth-order valence-corrected chi connectivity index (χ4v) is 3.83. The average Bonchev–Trinajstić information content (AvgIpc) is 2.80. The molecule has 0 aliphatic carbocycles. The summed E-state index contributed by atoms with van der Waals surface area (Å²) in [7, 11) is 1.50. The minimum Gasteiger partial charge on any atom is -0.497 e. The number of amides is 3. The van der Waals surface area contributed by atoms with Crippen molar-refractivity contribution in [3.8, 4) is 5.75 Å². The Hall–Kier alpha value is -3.55. The predicted octanol–water partition coefficient (Wildman–Crippen LogP) is 3.90. The van der Waals surface area contributed by atoms with Gasteiger partial charge in [0.05, 0.1) is 18.5 Å². The molecule has 1 aliphatic rings. The number of urea groups is 1. The Morgan fingerprint density at radius 2 is 1.88 bits per heavy atom. The maximum absolute atomic E-state index is 13.4. The van der Waals surface area contributed by atoms with Gasteiger partial charge in [-0.05, 0) is 42.3 Å². The maximum Gasteiger partial charge on any atom is 0.329 e. The molecule has 1 heterocycles. The first-order valence-electron chi connectivity index (χ1n) is 10.0. The van der Waals surface area contributed by atoms with Crippen LogP contribution in [0.1, 0.15) is 11.1 Å². The number of carbonyl (C=O) groups is 2. The SMILES string of the molecule is COc1cccc(N2C(=O)Nc3ccccc3C2(O)C(=O)NCCc2ccc(Cl)cc2)c1. The van der Waals surface area contributed by atoms with Crippen LogP contribution in [-0.2, 0) is 16.9 Å². The van der Waals surface area contributed by atoms with Crippen molar-refractivity contribution < 1.29 is 19.4 Å². The fraction of sp³-hybridized carbons (Fsp3) is 0.167. The number of hydrogen-bond acceptors (Lipinski definition) is 4. The molecule has 1 aliphatic heterocycles. The average molecular weight is 452 g/mol. The summed E-state index contributed by atoms with van der Waals surface area (Å²) in [6.45, 7) is 0.262. The maximum atomic E-state index is 13.4. The largest absolute Gasteiger partial charge is 0.497 e. The zero-order valence-corrected chi connectivity index (χ0v) is 18.1. The highest BCUT2D eigenvalue weighted by Crippen LogP contribution is 2.40. The van der Waals surface area contributed by atoms with E-state index in [1.807, 2.05) is 12.1 Å². The van der Waals surface area contributed by atoms with Crippen LogP contribution in [0.3, 0.4) is 0 Å². The van der Waals surface area contributed by atoms with Gasteiger partial charge in [-0.15, -0.1) is 0 Å². The quantitative estimate of drug-likeness (QED) is 0.530. The van der Waals surface area contributed by atoms with Crippen LogP contribution in [0.15, 0.2) is 72.8 Å². The molecule has 3 amide bonds. The van der Waals surface area contributed by atoms with E-state index in [-0.39, 0.29) is 12.1 Å². The number of hydrogen-bond donors (Lipinski definition) is 3. The third-order valence-electron chi connectivity index (χ3n) is 5.31. The third-order valence-corrected chi connectivity index (χ3v) is 5.56. The molecule has 0 fully saturated rings. The molecule has 0 aromatic heterocycles. The highest BCUT2D eigenvalue weighted by Gasteiger charge is 2.51. The standard InChI is InChI=1S/C24H22ClN3O4/c1-32-19-6-4-5-18(15-19)28-23(30)27-21-8-3-2-7-20(21)24(28,31)22(29)26-14-13-16-9-11-17(25)12-10-16/h2-12,15,31H,13-14H2,1H3,(H,26,29)(H,27,30). The number of para-hydroxylation sites is 1. The number of methoxy groups -OCH3 is 1. The van der Waals surface area contributed by atoms with E-state index in [1.54, 1.807) is 60.7 Å². The Bertz CT molecular complexity index is 1150. The molecule has 0 radical (unpaired) electrons. The molecule has 3 aromatic carbocycles. The van der Waals surface area contributed by atoms with Crippen LogP contribution in [0.2, 0.25) is 5.02 Å².